The molecule has 0 N–H and O–H groups in total. The molecule has 2 rings (SSSR count). The second kappa shape index (κ2) is 7.56. The SMILES string of the molecule is N#CC(C#N)C(CC(=O)c1sccc1Br)c1ccc(Cl)cc1. The van der Waals surface area contributed by atoms with Gasteiger partial charge in [-0.25, -0.2) is 0 Å². The van der Waals surface area contributed by atoms with Crippen LogP contribution in [0.2, 0.25) is 5.02 Å². The van der Waals surface area contributed by atoms with Crippen molar-refractivity contribution >= 4 is 44.7 Å². The highest BCUT2D eigenvalue weighted by molar-refractivity contribution is 9.10. The molecular weight excluding hydrogens is 384 g/mol. The highest BCUT2D eigenvalue weighted by Gasteiger charge is 2.27. The maximum absolute atomic E-state index is 12.4. The summed E-state index contributed by atoms with van der Waals surface area (Å²) in [6, 6.07) is 12.7. The third-order valence-corrected chi connectivity index (χ3v) is 5.39. The van der Waals surface area contributed by atoms with Crippen LogP contribution in [-0.2, 0) is 0 Å². The summed E-state index contributed by atoms with van der Waals surface area (Å²) in [5.74, 6) is -1.45. The van der Waals surface area contributed by atoms with Gasteiger partial charge in [-0.1, -0.05) is 23.7 Å². The predicted octanol–water partition coefficient (Wildman–Crippen LogP) is 5.18. The lowest BCUT2D eigenvalue weighted by atomic mass is 9.83. The van der Waals surface area contributed by atoms with Gasteiger partial charge in [0, 0.05) is 21.8 Å². The van der Waals surface area contributed by atoms with E-state index in [9.17, 15) is 15.3 Å². The molecule has 0 bridgehead atoms. The van der Waals surface area contributed by atoms with E-state index in [1.165, 1.54) is 11.3 Å². The number of nitriles is 2. The van der Waals surface area contributed by atoms with Crippen LogP contribution in [0.3, 0.4) is 0 Å². The van der Waals surface area contributed by atoms with Crippen LogP contribution in [0.15, 0.2) is 40.2 Å². The van der Waals surface area contributed by atoms with Gasteiger partial charge in [-0.2, -0.15) is 10.5 Å². The van der Waals surface area contributed by atoms with Crippen molar-refractivity contribution in [3.05, 3.63) is 55.6 Å². The van der Waals surface area contributed by atoms with Crippen molar-refractivity contribution < 1.29 is 4.79 Å². The maximum atomic E-state index is 12.4. The monoisotopic (exact) mass is 392 g/mol. The summed E-state index contributed by atoms with van der Waals surface area (Å²) in [4.78, 5) is 13.1. The largest absolute Gasteiger partial charge is 0.293 e. The molecule has 0 fully saturated rings. The lowest BCUT2D eigenvalue weighted by Gasteiger charge is -2.17. The van der Waals surface area contributed by atoms with E-state index in [0.29, 0.717) is 9.90 Å². The van der Waals surface area contributed by atoms with E-state index in [1.54, 1.807) is 30.3 Å². The first-order valence-corrected chi connectivity index (χ1v) is 8.42. The first-order valence-electron chi connectivity index (χ1n) is 6.37. The Morgan fingerprint density at radius 2 is 1.86 bits per heavy atom. The normalized spacial score (nSPS) is 11.7. The molecule has 3 nitrogen and oxygen atoms in total. The number of hydrogen-bond donors (Lipinski definition) is 0. The molecule has 22 heavy (non-hydrogen) atoms. The summed E-state index contributed by atoms with van der Waals surface area (Å²) < 4.78 is 0.739. The van der Waals surface area contributed by atoms with Gasteiger partial charge in [0.2, 0.25) is 0 Å². The number of carbonyl (C=O) groups is 1. The summed E-state index contributed by atoms with van der Waals surface area (Å²) >= 11 is 10.5. The number of halogens is 2. The van der Waals surface area contributed by atoms with Gasteiger partial charge in [0.05, 0.1) is 17.0 Å². The highest BCUT2D eigenvalue weighted by Crippen LogP contribution is 2.32. The molecule has 0 amide bonds. The third kappa shape index (κ3) is 3.75. The zero-order chi connectivity index (χ0) is 16.1. The van der Waals surface area contributed by atoms with Crippen LogP contribution >= 0.6 is 38.9 Å². The number of nitrogens with zero attached hydrogens (tertiary/aromatic N) is 2. The topological polar surface area (TPSA) is 64.7 Å². The molecule has 2 aromatic rings. The molecule has 0 spiro atoms. The summed E-state index contributed by atoms with van der Waals surface area (Å²) in [5, 5.41) is 20.8. The molecule has 1 atom stereocenters. The van der Waals surface area contributed by atoms with Gasteiger partial charge in [-0.3, -0.25) is 4.79 Å². The van der Waals surface area contributed by atoms with Crippen molar-refractivity contribution in [1.82, 2.24) is 0 Å². The molecule has 1 aromatic heterocycles. The Kier molecular flexibility index (Phi) is 5.74. The third-order valence-electron chi connectivity index (χ3n) is 3.25. The fourth-order valence-electron chi connectivity index (χ4n) is 2.13. The summed E-state index contributed by atoms with van der Waals surface area (Å²) in [5.41, 5.74) is 0.763. The number of ketones is 1. The Morgan fingerprint density at radius 1 is 1.23 bits per heavy atom. The van der Waals surface area contributed by atoms with E-state index in [4.69, 9.17) is 11.6 Å². The van der Waals surface area contributed by atoms with E-state index in [0.717, 1.165) is 10.0 Å². The van der Waals surface area contributed by atoms with Crippen LogP contribution < -0.4 is 0 Å². The average molecular weight is 394 g/mol. The average Bonchev–Trinajstić information content (AvgIpc) is 2.94. The van der Waals surface area contributed by atoms with Crippen LogP contribution in [-0.4, -0.2) is 5.78 Å². The molecule has 6 heteroatoms. The fourth-order valence-corrected chi connectivity index (χ4v) is 3.80. The molecule has 110 valence electrons. The molecule has 1 heterocycles. The predicted molar refractivity (Wildman–Crippen MR) is 89.9 cm³/mol. The first-order chi connectivity index (χ1) is 10.6. The maximum Gasteiger partial charge on any atom is 0.174 e. The van der Waals surface area contributed by atoms with Gasteiger partial charge in [0.15, 0.2) is 5.78 Å². The Balaban J connectivity index is 2.32. The Labute approximate surface area is 145 Å². The van der Waals surface area contributed by atoms with Crippen LogP contribution in [0.4, 0.5) is 0 Å². The van der Waals surface area contributed by atoms with Crippen LogP contribution in [0, 0.1) is 28.6 Å². The van der Waals surface area contributed by atoms with Crippen molar-refractivity contribution in [3.8, 4) is 12.1 Å². The summed E-state index contributed by atoms with van der Waals surface area (Å²) in [6.07, 6.45) is 0.104. The Bertz CT molecular complexity index is 744. The number of Topliss-reactive ketones (excluding diaryl/α,β-unsaturated/α-hetero) is 1. The number of rotatable bonds is 5. The number of carbonyl (C=O) groups excluding carboxylic acids is 1. The van der Waals surface area contributed by atoms with Gasteiger partial charge in [0.1, 0.15) is 5.92 Å². The van der Waals surface area contributed by atoms with Crippen LogP contribution in [0.25, 0.3) is 0 Å². The molecular formula is C16H10BrClN2OS. The minimum absolute atomic E-state index is 0.0858. The lowest BCUT2D eigenvalue weighted by Crippen LogP contribution is -2.14. The van der Waals surface area contributed by atoms with E-state index in [1.807, 2.05) is 17.5 Å². The van der Waals surface area contributed by atoms with Gasteiger partial charge in [-0.15, -0.1) is 11.3 Å². The summed E-state index contributed by atoms with van der Waals surface area (Å²) in [6.45, 7) is 0. The minimum atomic E-state index is -0.885. The summed E-state index contributed by atoms with van der Waals surface area (Å²) in [7, 11) is 0. The zero-order valence-corrected chi connectivity index (χ0v) is 14.5. The molecule has 0 saturated heterocycles. The fraction of sp³-hybridized carbons (Fsp3) is 0.188. The molecule has 0 saturated carbocycles. The van der Waals surface area contributed by atoms with Gasteiger partial charge in [-0.05, 0) is 45.1 Å². The van der Waals surface area contributed by atoms with Crippen molar-refractivity contribution in [1.29, 1.82) is 10.5 Å². The van der Waals surface area contributed by atoms with Crippen molar-refractivity contribution in [3.63, 3.8) is 0 Å². The molecule has 0 radical (unpaired) electrons. The first kappa shape index (κ1) is 16.7. The van der Waals surface area contributed by atoms with Crippen LogP contribution in [0.5, 0.6) is 0 Å². The van der Waals surface area contributed by atoms with E-state index in [-0.39, 0.29) is 12.2 Å². The zero-order valence-electron chi connectivity index (χ0n) is 11.3. The minimum Gasteiger partial charge on any atom is -0.293 e. The second-order valence-corrected chi connectivity index (χ2v) is 6.83. The van der Waals surface area contributed by atoms with Crippen molar-refractivity contribution in [2.24, 2.45) is 5.92 Å². The molecule has 1 aromatic carbocycles. The van der Waals surface area contributed by atoms with E-state index < -0.39 is 11.8 Å². The molecule has 0 aliphatic rings. The second-order valence-electron chi connectivity index (χ2n) is 4.62. The smallest absolute Gasteiger partial charge is 0.174 e. The Hall–Kier alpha value is -1.66. The Morgan fingerprint density at radius 3 is 2.36 bits per heavy atom. The number of benzene rings is 1. The number of thiophene rings is 1. The van der Waals surface area contributed by atoms with Crippen LogP contribution in [0.1, 0.15) is 27.6 Å². The molecule has 1 unspecified atom stereocenters. The van der Waals surface area contributed by atoms with E-state index in [2.05, 4.69) is 15.9 Å². The highest BCUT2D eigenvalue weighted by atomic mass is 79.9. The van der Waals surface area contributed by atoms with E-state index >= 15 is 0 Å². The van der Waals surface area contributed by atoms with Gasteiger partial charge >= 0.3 is 0 Å². The quantitative estimate of drug-likeness (QED) is 0.657. The van der Waals surface area contributed by atoms with Crippen molar-refractivity contribution in [2.75, 3.05) is 0 Å². The standard InChI is InChI=1S/C16H10BrClN2OS/c17-14-5-6-22-16(14)15(21)7-13(11(8-19)9-20)10-1-3-12(18)4-2-10/h1-6,11,13H,7H2. The van der Waals surface area contributed by atoms with Crippen molar-refractivity contribution in [2.45, 2.75) is 12.3 Å². The molecule has 0 aliphatic heterocycles. The van der Waals surface area contributed by atoms with Gasteiger partial charge in [0.25, 0.3) is 0 Å². The van der Waals surface area contributed by atoms with Gasteiger partial charge < -0.3 is 0 Å². The lowest BCUT2D eigenvalue weighted by molar-refractivity contribution is 0.0974. The molecule has 0 aliphatic carbocycles. The number of hydrogen-bond acceptors (Lipinski definition) is 4.